The smallest absolute Gasteiger partial charge is 0.389 e. The van der Waals surface area contributed by atoms with Gasteiger partial charge >= 0.3 is 6.18 Å². The van der Waals surface area contributed by atoms with Crippen molar-refractivity contribution in [3.8, 4) is 0 Å². The van der Waals surface area contributed by atoms with E-state index in [4.69, 9.17) is 4.74 Å². The summed E-state index contributed by atoms with van der Waals surface area (Å²) in [5, 5.41) is 9.30. The van der Waals surface area contributed by atoms with Crippen LogP contribution in [0.25, 0.3) is 0 Å². The third-order valence-corrected chi connectivity index (χ3v) is 2.35. The zero-order valence-electron chi connectivity index (χ0n) is 7.89. The monoisotopic (exact) mass is 212 g/mol. The molecule has 0 amide bonds. The summed E-state index contributed by atoms with van der Waals surface area (Å²) in [6, 6.07) is 0. The van der Waals surface area contributed by atoms with Crippen LogP contribution in [0.4, 0.5) is 13.2 Å². The third kappa shape index (κ3) is 4.28. The van der Waals surface area contributed by atoms with Gasteiger partial charge < -0.3 is 9.84 Å². The van der Waals surface area contributed by atoms with E-state index >= 15 is 0 Å². The van der Waals surface area contributed by atoms with Crippen molar-refractivity contribution in [3.05, 3.63) is 0 Å². The summed E-state index contributed by atoms with van der Waals surface area (Å²) in [7, 11) is 0. The molecule has 0 bridgehead atoms. The zero-order chi connectivity index (χ0) is 10.6. The van der Waals surface area contributed by atoms with Crippen LogP contribution in [0.2, 0.25) is 0 Å². The minimum atomic E-state index is -4.10. The largest absolute Gasteiger partial charge is 0.390 e. The first kappa shape index (κ1) is 11.8. The Balaban J connectivity index is 2.04. The van der Waals surface area contributed by atoms with Crippen molar-refractivity contribution in [2.45, 2.75) is 50.5 Å². The summed E-state index contributed by atoms with van der Waals surface area (Å²) in [5.41, 5.74) is 0. The molecule has 0 aromatic carbocycles. The van der Waals surface area contributed by atoms with Gasteiger partial charge in [-0.1, -0.05) is 0 Å². The van der Waals surface area contributed by atoms with Crippen molar-refractivity contribution in [1.82, 2.24) is 0 Å². The Morgan fingerprint density at radius 1 is 1.29 bits per heavy atom. The molecule has 14 heavy (non-hydrogen) atoms. The number of aliphatic hydroxyl groups is 1. The Morgan fingerprint density at radius 2 is 2.00 bits per heavy atom. The molecular formula is C9H15F3O2. The van der Waals surface area contributed by atoms with Crippen LogP contribution in [0.1, 0.15) is 32.1 Å². The van der Waals surface area contributed by atoms with Gasteiger partial charge in [0.15, 0.2) is 0 Å². The average Bonchev–Trinajstić information content (AvgIpc) is 2.44. The number of aliphatic hydroxyl groups excluding tert-OH is 1. The molecule has 5 heteroatoms. The summed E-state index contributed by atoms with van der Waals surface area (Å²) in [6.45, 7) is 0.0846. The number of halogens is 3. The Labute approximate surface area is 81.1 Å². The molecule has 1 aliphatic carbocycles. The molecule has 2 nitrogen and oxygen atoms in total. The van der Waals surface area contributed by atoms with Gasteiger partial charge in [-0.25, -0.2) is 0 Å². The number of hydrogen-bond donors (Lipinski definition) is 1. The fraction of sp³-hybridized carbons (Fsp3) is 1.00. The van der Waals surface area contributed by atoms with Gasteiger partial charge in [0.25, 0.3) is 0 Å². The third-order valence-electron chi connectivity index (χ3n) is 2.35. The first-order chi connectivity index (χ1) is 6.49. The molecule has 0 heterocycles. The standard InChI is InChI=1S/C9H15F3O2/c10-9(11,12)5-2-6-14-8-4-1-3-7(8)13/h7-8,13H,1-6H2. The number of rotatable bonds is 4. The molecule has 1 N–H and O–H groups in total. The molecule has 1 fully saturated rings. The lowest BCUT2D eigenvalue weighted by molar-refractivity contribution is -0.139. The SMILES string of the molecule is OC1CCCC1OCCCC(F)(F)F. The van der Waals surface area contributed by atoms with E-state index in [1.54, 1.807) is 0 Å². The summed E-state index contributed by atoms with van der Waals surface area (Å²) in [6.07, 6.45) is -3.31. The maximum absolute atomic E-state index is 11.7. The summed E-state index contributed by atoms with van der Waals surface area (Å²) in [5.74, 6) is 0. The molecule has 0 radical (unpaired) electrons. The van der Waals surface area contributed by atoms with Gasteiger partial charge in [0.05, 0.1) is 12.2 Å². The Kier molecular flexibility index (Phi) is 4.19. The van der Waals surface area contributed by atoms with Crippen molar-refractivity contribution in [3.63, 3.8) is 0 Å². The second-order valence-electron chi connectivity index (χ2n) is 3.63. The maximum Gasteiger partial charge on any atom is 0.389 e. The van der Waals surface area contributed by atoms with E-state index in [9.17, 15) is 18.3 Å². The van der Waals surface area contributed by atoms with E-state index in [2.05, 4.69) is 0 Å². The normalized spacial score (nSPS) is 28.3. The second kappa shape index (κ2) is 4.98. The molecule has 1 rings (SSSR count). The highest BCUT2D eigenvalue weighted by Crippen LogP contribution is 2.24. The van der Waals surface area contributed by atoms with Crippen molar-refractivity contribution >= 4 is 0 Å². The topological polar surface area (TPSA) is 29.5 Å². The Hall–Kier alpha value is -0.290. The van der Waals surface area contributed by atoms with Gasteiger partial charge in [-0.15, -0.1) is 0 Å². The molecule has 84 valence electrons. The fourth-order valence-electron chi connectivity index (χ4n) is 1.61. The van der Waals surface area contributed by atoms with E-state index < -0.39 is 18.7 Å². The van der Waals surface area contributed by atoms with Gasteiger partial charge in [0.1, 0.15) is 0 Å². The van der Waals surface area contributed by atoms with Gasteiger partial charge in [-0.05, 0) is 25.7 Å². The van der Waals surface area contributed by atoms with Crippen LogP contribution in [0.5, 0.6) is 0 Å². The van der Waals surface area contributed by atoms with E-state index in [0.717, 1.165) is 12.8 Å². The van der Waals surface area contributed by atoms with Crippen LogP contribution in [0.3, 0.4) is 0 Å². The number of ether oxygens (including phenoxy) is 1. The lowest BCUT2D eigenvalue weighted by Crippen LogP contribution is -2.23. The van der Waals surface area contributed by atoms with Crippen LogP contribution in [-0.4, -0.2) is 30.1 Å². The van der Waals surface area contributed by atoms with Crippen LogP contribution < -0.4 is 0 Å². The van der Waals surface area contributed by atoms with Crippen LogP contribution in [0, 0.1) is 0 Å². The van der Waals surface area contributed by atoms with Gasteiger partial charge in [0.2, 0.25) is 0 Å². The molecule has 0 aromatic heterocycles. The first-order valence-corrected chi connectivity index (χ1v) is 4.85. The average molecular weight is 212 g/mol. The molecule has 0 aromatic rings. The van der Waals surface area contributed by atoms with Crippen LogP contribution in [-0.2, 0) is 4.74 Å². The van der Waals surface area contributed by atoms with E-state index in [1.807, 2.05) is 0 Å². The van der Waals surface area contributed by atoms with Gasteiger partial charge in [0, 0.05) is 13.0 Å². The highest BCUT2D eigenvalue weighted by Gasteiger charge is 2.28. The Bertz CT molecular complexity index is 170. The molecule has 2 atom stereocenters. The molecule has 2 unspecified atom stereocenters. The minimum Gasteiger partial charge on any atom is -0.390 e. The summed E-state index contributed by atoms with van der Waals surface area (Å²) < 4.78 is 40.3. The van der Waals surface area contributed by atoms with Crippen molar-refractivity contribution in [1.29, 1.82) is 0 Å². The number of hydrogen-bond acceptors (Lipinski definition) is 2. The van der Waals surface area contributed by atoms with E-state index in [0.29, 0.717) is 6.42 Å². The fourth-order valence-corrected chi connectivity index (χ4v) is 1.61. The van der Waals surface area contributed by atoms with Crippen molar-refractivity contribution in [2.24, 2.45) is 0 Å². The maximum atomic E-state index is 11.7. The lowest BCUT2D eigenvalue weighted by Gasteiger charge is -2.15. The number of alkyl halides is 3. The van der Waals surface area contributed by atoms with Crippen molar-refractivity contribution < 1.29 is 23.0 Å². The molecule has 1 aliphatic rings. The Morgan fingerprint density at radius 3 is 2.50 bits per heavy atom. The van der Waals surface area contributed by atoms with Gasteiger partial charge in [-0.3, -0.25) is 0 Å². The van der Waals surface area contributed by atoms with Gasteiger partial charge in [-0.2, -0.15) is 13.2 Å². The predicted molar refractivity (Wildman–Crippen MR) is 44.9 cm³/mol. The van der Waals surface area contributed by atoms with E-state index in [1.165, 1.54) is 0 Å². The highest BCUT2D eigenvalue weighted by atomic mass is 19.4. The van der Waals surface area contributed by atoms with Crippen LogP contribution >= 0.6 is 0 Å². The zero-order valence-corrected chi connectivity index (χ0v) is 7.89. The lowest BCUT2D eigenvalue weighted by atomic mass is 10.2. The second-order valence-corrected chi connectivity index (χ2v) is 3.63. The molecule has 0 spiro atoms. The first-order valence-electron chi connectivity index (χ1n) is 4.85. The van der Waals surface area contributed by atoms with Crippen molar-refractivity contribution in [2.75, 3.05) is 6.61 Å². The van der Waals surface area contributed by atoms with Crippen LogP contribution in [0.15, 0.2) is 0 Å². The highest BCUT2D eigenvalue weighted by molar-refractivity contribution is 4.76. The molecular weight excluding hydrogens is 197 g/mol. The summed E-state index contributed by atoms with van der Waals surface area (Å²) >= 11 is 0. The van der Waals surface area contributed by atoms with E-state index in [-0.39, 0.29) is 19.1 Å². The predicted octanol–water partition coefficient (Wildman–Crippen LogP) is 2.26. The molecule has 1 saturated carbocycles. The molecule has 0 aliphatic heterocycles. The molecule has 0 saturated heterocycles. The summed E-state index contributed by atoms with van der Waals surface area (Å²) in [4.78, 5) is 0. The minimum absolute atomic E-state index is 0.0211. The quantitative estimate of drug-likeness (QED) is 0.724.